The average Bonchev–Trinajstić information content (AvgIpc) is 2.46. The molecule has 2 rings (SSSR count). The van der Waals surface area contributed by atoms with Crippen molar-refractivity contribution in [1.82, 2.24) is 5.43 Å². The fraction of sp³-hybridized carbons (Fsp3) is 0.500. The summed E-state index contributed by atoms with van der Waals surface area (Å²) in [6.07, 6.45) is 4.34. The lowest BCUT2D eigenvalue weighted by Gasteiger charge is -2.18. The Kier molecular flexibility index (Phi) is 5.62. The lowest BCUT2D eigenvalue weighted by molar-refractivity contribution is -0.123. The standard InChI is InChI=1S/C16H21ClN2O2/c1-11-4-3-5-13(8-11)18-19-16(20)10-21-14-6-7-15(17)12(2)9-14/h6-7,9,11H,3-5,8,10H2,1-2H3,(H,19,20)/b18-13-. The summed E-state index contributed by atoms with van der Waals surface area (Å²) < 4.78 is 5.42. The molecule has 4 nitrogen and oxygen atoms in total. The Bertz CT molecular complexity index is 543. The number of nitrogens with one attached hydrogen (secondary N) is 1. The highest BCUT2D eigenvalue weighted by Crippen LogP contribution is 2.21. The number of hydrogen-bond acceptors (Lipinski definition) is 3. The first-order chi connectivity index (χ1) is 10.0. The summed E-state index contributed by atoms with van der Waals surface area (Å²) in [7, 11) is 0. The van der Waals surface area contributed by atoms with Gasteiger partial charge in [0.25, 0.3) is 5.91 Å². The maximum absolute atomic E-state index is 11.7. The van der Waals surface area contributed by atoms with E-state index in [2.05, 4.69) is 17.5 Å². The van der Waals surface area contributed by atoms with Crippen LogP contribution in [0.2, 0.25) is 5.02 Å². The van der Waals surface area contributed by atoms with Gasteiger partial charge in [-0.05, 0) is 62.3 Å². The van der Waals surface area contributed by atoms with Crippen molar-refractivity contribution in [3.8, 4) is 5.75 Å². The zero-order chi connectivity index (χ0) is 15.2. The van der Waals surface area contributed by atoms with Crippen molar-refractivity contribution >= 4 is 23.2 Å². The number of hydrazone groups is 1. The molecule has 0 aliphatic heterocycles. The van der Waals surface area contributed by atoms with E-state index in [9.17, 15) is 4.79 Å². The molecule has 1 saturated carbocycles. The van der Waals surface area contributed by atoms with Crippen LogP contribution < -0.4 is 10.2 Å². The van der Waals surface area contributed by atoms with E-state index < -0.39 is 0 Å². The molecule has 0 saturated heterocycles. The number of aryl methyl sites for hydroxylation is 1. The molecule has 1 unspecified atom stereocenters. The number of carbonyl (C=O) groups is 1. The zero-order valence-electron chi connectivity index (χ0n) is 12.5. The molecule has 1 atom stereocenters. The summed E-state index contributed by atoms with van der Waals surface area (Å²) in [4.78, 5) is 11.7. The van der Waals surface area contributed by atoms with Gasteiger partial charge in [-0.2, -0.15) is 5.10 Å². The second-order valence-electron chi connectivity index (χ2n) is 5.61. The lowest BCUT2D eigenvalue weighted by Crippen LogP contribution is -2.27. The van der Waals surface area contributed by atoms with Gasteiger partial charge in [-0.15, -0.1) is 0 Å². The third-order valence-corrected chi connectivity index (χ3v) is 4.01. The summed E-state index contributed by atoms with van der Waals surface area (Å²) in [5.41, 5.74) is 4.56. The van der Waals surface area contributed by atoms with E-state index >= 15 is 0 Å². The fourth-order valence-electron chi connectivity index (χ4n) is 2.39. The molecule has 0 spiro atoms. The van der Waals surface area contributed by atoms with Crippen LogP contribution in [0, 0.1) is 12.8 Å². The van der Waals surface area contributed by atoms with Gasteiger partial charge >= 0.3 is 0 Å². The molecule has 1 aliphatic carbocycles. The van der Waals surface area contributed by atoms with Crippen LogP contribution in [0.25, 0.3) is 0 Å². The van der Waals surface area contributed by atoms with Crippen LogP contribution in [0.1, 0.15) is 38.2 Å². The Labute approximate surface area is 130 Å². The average molecular weight is 309 g/mol. The van der Waals surface area contributed by atoms with Gasteiger partial charge in [0.05, 0.1) is 0 Å². The number of hydrogen-bond donors (Lipinski definition) is 1. The van der Waals surface area contributed by atoms with Crippen molar-refractivity contribution in [3.63, 3.8) is 0 Å². The van der Waals surface area contributed by atoms with Crippen LogP contribution in [0.3, 0.4) is 0 Å². The third-order valence-electron chi connectivity index (χ3n) is 3.58. The molecule has 0 radical (unpaired) electrons. The van der Waals surface area contributed by atoms with Crippen molar-refractivity contribution in [2.45, 2.75) is 39.5 Å². The SMILES string of the molecule is Cc1cc(OCC(=O)N/N=C2/CCCC(C)C2)ccc1Cl. The van der Waals surface area contributed by atoms with E-state index in [4.69, 9.17) is 16.3 Å². The molecule has 1 fully saturated rings. The largest absolute Gasteiger partial charge is 0.484 e. The van der Waals surface area contributed by atoms with Crippen molar-refractivity contribution in [1.29, 1.82) is 0 Å². The quantitative estimate of drug-likeness (QED) is 0.862. The molecule has 1 amide bonds. The molecular formula is C16H21ClN2O2. The maximum Gasteiger partial charge on any atom is 0.277 e. The molecular weight excluding hydrogens is 288 g/mol. The minimum Gasteiger partial charge on any atom is -0.484 e. The Morgan fingerprint density at radius 1 is 1.52 bits per heavy atom. The lowest BCUT2D eigenvalue weighted by atomic mass is 9.89. The van der Waals surface area contributed by atoms with E-state index in [0.717, 1.165) is 30.5 Å². The maximum atomic E-state index is 11.7. The van der Waals surface area contributed by atoms with Crippen LogP contribution in [-0.2, 0) is 4.79 Å². The van der Waals surface area contributed by atoms with Crippen molar-refractivity contribution in [2.75, 3.05) is 6.61 Å². The predicted molar refractivity (Wildman–Crippen MR) is 84.9 cm³/mol. The highest BCUT2D eigenvalue weighted by Gasteiger charge is 2.14. The molecule has 0 heterocycles. The highest BCUT2D eigenvalue weighted by atomic mass is 35.5. The molecule has 114 valence electrons. The van der Waals surface area contributed by atoms with Crippen LogP contribution in [0.4, 0.5) is 0 Å². The van der Waals surface area contributed by atoms with Crippen molar-refractivity contribution in [3.05, 3.63) is 28.8 Å². The number of carbonyl (C=O) groups excluding carboxylic acids is 1. The van der Waals surface area contributed by atoms with Gasteiger partial charge in [0.15, 0.2) is 6.61 Å². The van der Waals surface area contributed by atoms with Gasteiger partial charge in [0, 0.05) is 10.7 Å². The number of ether oxygens (including phenoxy) is 1. The topological polar surface area (TPSA) is 50.7 Å². The van der Waals surface area contributed by atoms with Gasteiger partial charge in [0.2, 0.25) is 0 Å². The molecule has 0 aromatic heterocycles. The number of rotatable bonds is 4. The normalized spacial score (nSPS) is 20.3. The molecule has 1 aliphatic rings. The number of amides is 1. The Morgan fingerprint density at radius 2 is 2.33 bits per heavy atom. The minimum atomic E-state index is -0.242. The van der Waals surface area contributed by atoms with Gasteiger partial charge < -0.3 is 4.74 Å². The Balaban J connectivity index is 1.79. The van der Waals surface area contributed by atoms with Gasteiger partial charge in [0.1, 0.15) is 5.75 Å². The summed E-state index contributed by atoms with van der Waals surface area (Å²) in [5, 5.41) is 4.88. The van der Waals surface area contributed by atoms with Crippen LogP contribution in [0.5, 0.6) is 5.75 Å². The molecule has 1 aromatic rings. The number of benzene rings is 1. The molecule has 1 aromatic carbocycles. The highest BCUT2D eigenvalue weighted by molar-refractivity contribution is 6.31. The second-order valence-corrected chi connectivity index (χ2v) is 6.02. The van der Waals surface area contributed by atoms with E-state index in [1.807, 2.05) is 13.0 Å². The third kappa shape index (κ3) is 5.05. The second kappa shape index (κ2) is 7.46. The van der Waals surface area contributed by atoms with Crippen LogP contribution in [-0.4, -0.2) is 18.2 Å². The van der Waals surface area contributed by atoms with Crippen molar-refractivity contribution < 1.29 is 9.53 Å². The summed E-state index contributed by atoms with van der Waals surface area (Å²) in [5.74, 6) is 1.04. The van der Waals surface area contributed by atoms with Crippen molar-refractivity contribution in [2.24, 2.45) is 11.0 Å². The smallest absolute Gasteiger partial charge is 0.277 e. The molecule has 1 N–H and O–H groups in total. The first kappa shape index (κ1) is 15.8. The first-order valence-electron chi connectivity index (χ1n) is 7.28. The molecule has 5 heteroatoms. The fourth-order valence-corrected chi connectivity index (χ4v) is 2.51. The summed E-state index contributed by atoms with van der Waals surface area (Å²) in [6, 6.07) is 5.31. The van der Waals surface area contributed by atoms with E-state index in [-0.39, 0.29) is 12.5 Å². The van der Waals surface area contributed by atoms with Gasteiger partial charge in [-0.1, -0.05) is 18.5 Å². The Hall–Kier alpha value is -1.55. The molecule has 21 heavy (non-hydrogen) atoms. The Morgan fingerprint density at radius 3 is 3.05 bits per heavy atom. The van der Waals surface area contributed by atoms with Gasteiger partial charge in [-0.25, -0.2) is 5.43 Å². The minimum absolute atomic E-state index is 0.0482. The summed E-state index contributed by atoms with van der Waals surface area (Å²) in [6.45, 7) is 4.06. The van der Waals surface area contributed by atoms with E-state index in [0.29, 0.717) is 16.7 Å². The van der Waals surface area contributed by atoms with E-state index in [1.54, 1.807) is 12.1 Å². The summed E-state index contributed by atoms with van der Waals surface area (Å²) >= 11 is 5.94. The van der Waals surface area contributed by atoms with Gasteiger partial charge in [-0.3, -0.25) is 4.79 Å². The zero-order valence-corrected chi connectivity index (χ0v) is 13.2. The first-order valence-corrected chi connectivity index (χ1v) is 7.65. The van der Waals surface area contributed by atoms with Crippen LogP contribution >= 0.6 is 11.6 Å². The van der Waals surface area contributed by atoms with Crippen LogP contribution in [0.15, 0.2) is 23.3 Å². The predicted octanol–water partition coefficient (Wildman–Crippen LogP) is 3.71. The number of halogens is 1. The monoisotopic (exact) mass is 308 g/mol. The molecule has 0 bridgehead atoms. The number of nitrogens with zero attached hydrogens (tertiary/aromatic N) is 1. The van der Waals surface area contributed by atoms with E-state index in [1.165, 1.54) is 6.42 Å².